The van der Waals surface area contributed by atoms with E-state index in [0.29, 0.717) is 24.6 Å². The lowest BCUT2D eigenvalue weighted by Gasteiger charge is -2.13. The zero-order chi connectivity index (χ0) is 14.4. The number of carbonyl (C=O) groups is 1. The van der Waals surface area contributed by atoms with Crippen LogP contribution >= 0.6 is 11.3 Å². The van der Waals surface area contributed by atoms with Gasteiger partial charge in [-0.1, -0.05) is 18.1 Å². The van der Waals surface area contributed by atoms with Crippen LogP contribution in [0, 0.1) is 0 Å². The summed E-state index contributed by atoms with van der Waals surface area (Å²) in [6.07, 6.45) is 1.36. The maximum atomic E-state index is 11.7. The van der Waals surface area contributed by atoms with E-state index >= 15 is 0 Å². The van der Waals surface area contributed by atoms with Gasteiger partial charge >= 0.3 is 0 Å². The van der Waals surface area contributed by atoms with Gasteiger partial charge in [-0.3, -0.25) is 4.79 Å². The molecule has 2 aromatic rings. The van der Waals surface area contributed by atoms with Crippen molar-refractivity contribution < 1.29 is 14.4 Å². The van der Waals surface area contributed by atoms with E-state index in [4.69, 9.17) is 9.63 Å². The molecular weight excluding hydrogens is 278 g/mol. The van der Waals surface area contributed by atoms with Gasteiger partial charge in [0.05, 0.1) is 17.5 Å². The minimum atomic E-state index is -0.188. The van der Waals surface area contributed by atoms with Gasteiger partial charge in [-0.05, 0) is 17.9 Å². The number of aliphatic hydroxyl groups is 1. The van der Waals surface area contributed by atoms with Crippen molar-refractivity contribution >= 4 is 17.2 Å². The SMILES string of the molecule is CCC(CO)NC(=O)CCc1nc(-c2cccs2)no1. The van der Waals surface area contributed by atoms with Gasteiger partial charge in [0.25, 0.3) is 0 Å². The second-order valence-corrected chi connectivity index (χ2v) is 5.29. The van der Waals surface area contributed by atoms with E-state index in [1.807, 2.05) is 24.4 Å². The average molecular weight is 295 g/mol. The summed E-state index contributed by atoms with van der Waals surface area (Å²) < 4.78 is 5.11. The quantitative estimate of drug-likeness (QED) is 0.810. The Morgan fingerprint density at radius 1 is 1.60 bits per heavy atom. The van der Waals surface area contributed by atoms with Gasteiger partial charge in [0.15, 0.2) is 0 Å². The normalized spacial score (nSPS) is 12.3. The molecule has 1 atom stereocenters. The van der Waals surface area contributed by atoms with Crippen LogP contribution in [0.3, 0.4) is 0 Å². The Kier molecular flexibility index (Phi) is 5.25. The van der Waals surface area contributed by atoms with Crippen LogP contribution in [0.25, 0.3) is 10.7 Å². The van der Waals surface area contributed by atoms with E-state index in [-0.39, 0.29) is 25.0 Å². The number of amides is 1. The molecule has 7 heteroatoms. The highest BCUT2D eigenvalue weighted by Gasteiger charge is 2.13. The summed E-state index contributed by atoms with van der Waals surface area (Å²) in [5.41, 5.74) is 0. The molecule has 0 aliphatic rings. The largest absolute Gasteiger partial charge is 0.394 e. The molecule has 0 aliphatic heterocycles. The summed E-state index contributed by atoms with van der Waals surface area (Å²) in [5.74, 6) is 0.875. The van der Waals surface area contributed by atoms with Crippen molar-refractivity contribution in [3.05, 3.63) is 23.4 Å². The molecule has 0 fully saturated rings. The van der Waals surface area contributed by atoms with E-state index in [1.165, 1.54) is 11.3 Å². The lowest BCUT2D eigenvalue weighted by atomic mass is 10.2. The van der Waals surface area contributed by atoms with Gasteiger partial charge in [0.2, 0.25) is 17.6 Å². The van der Waals surface area contributed by atoms with Crippen LogP contribution in [0.1, 0.15) is 25.7 Å². The predicted octanol–water partition coefficient (Wildman–Crippen LogP) is 1.62. The van der Waals surface area contributed by atoms with Crippen LogP contribution in [-0.4, -0.2) is 33.8 Å². The Morgan fingerprint density at radius 3 is 3.10 bits per heavy atom. The first-order valence-electron chi connectivity index (χ1n) is 6.49. The first kappa shape index (κ1) is 14.7. The number of rotatable bonds is 7. The summed E-state index contributed by atoms with van der Waals surface area (Å²) in [4.78, 5) is 16.9. The molecule has 20 heavy (non-hydrogen) atoms. The number of nitrogens with one attached hydrogen (secondary N) is 1. The Labute approximate surface area is 120 Å². The highest BCUT2D eigenvalue weighted by Crippen LogP contribution is 2.21. The van der Waals surface area contributed by atoms with Gasteiger partial charge in [0, 0.05) is 12.8 Å². The molecular formula is C13H17N3O3S. The van der Waals surface area contributed by atoms with Crippen LogP contribution < -0.4 is 5.32 Å². The molecule has 0 saturated carbocycles. The maximum absolute atomic E-state index is 11.7. The summed E-state index contributed by atoms with van der Waals surface area (Å²) in [6, 6.07) is 3.65. The van der Waals surface area contributed by atoms with Gasteiger partial charge < -0.3 is 14.9 Å². The molecule has 2 aromatic heterocycles. The lowest BCUT2D eigenvalue weighted by Crippen LogP contribution is -2.37. The molecule has 6 nitrogen and oxygen atoms in total. The van der Waals surface area contributed by atoms with E-state index in [1.54, 1.807) is 0 Å². The molecule has 2 N–H and O–H groups in total. The van der Waals surface area contributed by atoms with Crippen molar-refractivity contribution in [3.63, 3.8) is 0 Å². The summed E-state index contributed by atoms with van der Waals surface area (Å²) in [6.45, 7) is 1.86. The standard InChI is InChI=1S/C13H17N3O3S/c1-2-9(8-17)14-11(18)5-6-12-15-13(16-19-12)10-4-3-7-20-10/h3-4,7,9,17H,2,5-6,8H2,1H3,(H,14,18). The molecule has 0 spiro atoms. The molecule has 0 bridgehead atoms. The summed E-state index contributed by atoms with van der Waals surface area (Å²) >= 11 is 1.54. The highest BCUT2D eigenvalue weighted by atomic mass is 32.1. The fourth-order valence-electron chi connectivity index (χ4n) is 1.66. The second-order valence-electron chi connectivity index (χ2n) is 4.34. The number of aromatic nitrogens is 2. The van der Waals surface area contributed by atoms with Crippen molar-refractivity contribution in [1.29, 1.82) is 0 Å². The minimum absolute atomic E-state index is 0.0503. The van der Waals surface area contributed by atoms with Crippen LogP contribution in [-0.2, 0) is 11.2 Å². The number of hydrogen-bond acceptors (Lipinski definition) is 6. The zero-order valence-corrected chi connectivity index (χ0v) is 12.0. The zero-order valence-electron chi connectivity index (χ0n) is 11.2. The van der Waals surface area contributed by atoms with Crippen molar-refractivity contribution in [2.75, 3.05) is 6.61 Å². The highest BCUT2D eigenvalue weighted by molar-refractivity contribution is 7.13. The van der Waals surface area contributed by atoms with Gasteiger partial charge in [0.1, 0.15) is 0 Å². The average Bonchev–Trinajstić information content (AvgIpc) is 3.12. The Morgan fingerprint density at radius 2 is 2.45 bits per heavy atom. The maximum Gasteiger partial charge on any atom is 0.227 e. The molecule has 1 unspecified atom stereocenters. The predicted molar refractivity (Wildman–Crippen MR) is 75.2 cm³/mol. The molecule has 2 heterocycles. The fourth-order valence-corrected chi connectivity index (χ4v) is 2.31. The van der Waals surface area contributed by atoms with Gasteiger partial charge in [-0.15, -0.1) is 11.3 Å². The number of aryl methyl sites for hydroxylation is 1. The number of carbonyl (C=O) groups excluding carboxylic acids is 1. The first-order valence-corrected chi connectivity index (χ1v) is 7.37. The molecule has 1 amide bonds. The Balaban J connectivity index is 1.84. The van der Waals surface area contributed by atoms with Crippen molar-refractivity contribution in [1.82, 2.24) is 15.5 Å². The third kappa shape index (κ3) is 3.88. The third-order valence-electron chi connectivity index (χ3n) is 2.85. The fraction of sp³-hybridized carbons (Fsp3) is 0.462. The molecule has 0 aromatic carbocycles. The number of hydrogen-bond donors (Lipinski definition) is 2. The Hall–Kier alpha value is -1.73. The monoisotopic (exact) mass is 295 g/mol. The Bertz CT molecular complexity index is 535. The summed E-state index contributed by atoms with van der Waals surface area (Å²) in [5, 5.41) is 17.6. The van der Waals surface area contributed by atoms with Crippen molar-refractivity contribution in [2.45, 2.75) is 32.2 Å². The van der Waals surface area contributed by atoms with Crippen LogP contribution in [0.15, 0.2) is 22.0 Å². The van der Waals surface area contributed by atoms with Crippen molar-refractivity contribution in [3.8, 4) is 10.7 Å². The smallest absolute Gasteiger partial charge is 0.227 e. The lowest BCUT2D eigenvalue weighted by molar-refractivity contribution is -0.122. The molecule has 0 radical (unpaired) electrons. The van der Waals surface area contributed by atoms with Gasteiger partial charge in [-0.2, -0.15) is 4.98 Å². The first-order chi connectivity index (χ1) is 9.72. The third-order valence-corrected chi connectivity index (χ3v) is 3.72. The minimum Gasteiger partial charge on any atom is -0.394 e. The van der Waals surface area contributed by atoms with E-state index in [0.717, 1.165) is 4.88 Å². The molecule has 0 saturated heterocycles. The number of aliphatic hydroxyl groups excluding tert-OH is 1. The number of thiophene rings is 1. The molecule has 108 valence electrons. The van der Waals surface area contributed by atoms with Crippen molar-refractivity contribution in [2.24, 2.45) is 0 Å². The molecule has 2 rings (SSSR count). The topological polar surface area (TPSA) is 88.2 Å². The molecule has 0 aliphatic carbocycles. The van der Waals surface area contributed by atoms with Crippen LogP contribution in [0.2, 0.25) is 0 Å². The number of nitrogens with zero attached hydrogens (tertiary/aromatic N) is 2. The van der Waals surface area contributed by atoms with E-state index < -0.39 is 0 Å². The van der Waals surface area contributed by atoms with E-state index in [2.05, 4.69) is 15.5 Å². The summed E-state index contributed by atoms with van der Waals surface area (Å²) in [7, 11) is 0. The van der Waals surface area contributed by atoms with Crippen LogP contribution in [0.5, 0.6) is 0 Å². The van der Waals surface area contributed by atoms with Crippen LogP contribution in [0.4, 0.5) is 0 Å². The second kappa shape index (κ2) is 7.16. The van der Waals surface area contributed by atoms with E-state index in [9.17, 15) is 4.79 Å². The van der Waals surface area contributed by atoms with Gasteiger partial charge in [-0.25, -0.2) is 0 Å².